The highest BCUT2D eigenvalue weighted by Crippen LogP contribution is 2.27. The summed E-state index contributed by atoms with van der Waals surface area (Å²) in [5.41, 5.74) is 5.69. The molecule has 0 saturated heterocycles. The Balaban J connectivity index is 2.30. The van der Waals surface area contributed by atoms with E-state index in [1.54, 1.807) is 0 Å². The van der Waals surface area contributed by atoms with E-state index in [1.165, 1.54) is 18.2 Å². The molecule has 7 nitrogen and oxygen atoms in total. The summed E-state index contributed by atoms with van der Waals surface area (Å²) in [5.74, 6) is 0.723. The highest BCUT2D eigenvalue weighted by Gasteiger charge is 2.14. The fourth-order valence-electron chi connectivity index (χ4n) is 1.54. The summed E-state index contributed by atoms with van der Waals surface area (Å²) in [4.78, 5) is 14.4. The molecule has 2 rings (SSSR count). The van der Waals surface area contributed by atoms with Crippen LogP contribution in [0.2, 0.25) is 5.02 Å². The number of aromatic nitrogens is 2. The third-order valence-electron chi connectivity index (χ3n) is 2.41. The van der Waals surface area contributed by atoms with E-state index in [4.69, 9.17) is 21.9 Å². The molecule has 0 aliphatic rings. The van der Waals surface area contributed by atoms with Gasteiger partial charge in [0.1, 0.15) is 0 Å². The molecule has 0 aliphatic carbocycles. The number of aryl methyl sites for hydroxylation is 1. The molecule has 1 heterocycles. The van der Waals surface area contributed by atoms with Gasteiger partial charge in [0.2, 0.25) is 0 Å². The maximum atomic E-state index is 10.7. The second kappa shape index (κ2) is 5.77. The van der Waals surface area contributed by atoms with Gasteiger partial charge < -0.3 is 10.3 Å². The van der Waals surface area contributed by atoms with Gasteiger partial charge >= 0.3 is 0 Å². The predicted octanol–water partition coefficient (Wildman–Crippen LogP) is 2.19. The Kier molecular flexibility index (Phi) is 4.08. The van der Waals surface area contributed by atoms with E-state index in [0.29, 0.717) is 24.4 Å². The van der Waals surface area contributed by atoms with Crippen LogP contribution < -0.4 is 5.73 Å². The molecular weight excluding hydrogens is 272 g/mol. The minimum absolute atomic E-state index is 0.121. The van der Waals surface area contributed by atoms with Crippen molar-refractivity contribution in [2.45, 2.75) is 12.8 Å². The zero-order chi connectivity index (χ0) is 13.8. The van der Waals surface area contributed by atoms with E-state index in [9.17, 15) is 10.1 Å². The van der Waals surface area contributed by atoms with Crippen LogP contribution in [0.3, 0.4) is 0 Å². The minimum Gasteiger partial charge on any atom is -0.334 e. The fraction of sp³-hybridized carbons (Fsp3) is 0.273. The van der Waals surface area contributed by atoms with Crippen LogP contribution in [0.1, 0.15) is 12.2 Å². The first-order chi connectivity index (χ1) is 9.10. The second-order valence-corrected chi connectivity index (χ2v) is 4.30. The van der Waals surface area contributed by atoms with E-state index in [2.05, 4.69) is 10.1 Å². The lowest BCUT2D eigenvalue weighted by atomic mass is 10.2. The zero-order valence-corrected chi connectivity index (χ0v) is 10.6. The van der Waals surface area contributed by atoms with Crippen LogP contribution in [-0.2, 0) is 6.42 Å². The van der Waals surface area contributed by atoms with Crippen molar-refractivity contribution in [3.05, 3.63) is 39.2 Å². The van der Waals surface area contributed by atoms with Crippen LogP contribution in [0.25, 0.3) is 11.5 Å². The SMILES string of the molecule is NCCCc1noc(-c2cc(Cl)cc([N+](=O)[O-])c2)n1. The highest BCUT2D eigenvalue weighted by atomic mass is 35.5. The molecule has 1 aromatic carbocycles. The molecule has 1 aromatic heterocycles. The largest absolute Gasteiger partial charge is 0.334 e. The molecule has 2 aromatic rings. The Bertz CT molecular complexity index is 599. The monoisotopic (exact) mass is 282 g/mol. The third-order valence-corrected chi connectivity index (χ3v) is 2.63. The number of hydrogen-bond acceptors (Lipinski definition) is 6. The van der Waals surface area contributed by atoms with Gasteiger partial charge in [0.15, 0.2) is 5.82 Å². The Morgan fingerprint density at radius 3 is 2.89 bits per heavy atom. The summed E-state index contributed by atoms with van der Waals surface area (Å²) in [6, 6.07) is 4.14. The molecule has 0 fully saturated rings. The average Bonchev–Trinajstić information content (AvgIpc) is 2.84. The van der Waals surface area contributed by atoms with Gasteiger partial charge in [-0.2, -0.15) is 4.98 Å². The van der Waals surface area contributed by atoms with Crippen LogP contribution in [0.5, 0.6) is 0 Å². The van der Waals surface area contributed by atoms with Crippen LogP contribution in [0, 0.1) is 10.1 Å². The van der Waals surface area contributed by atoms with Crippen molar-refractivity contribution in [3.63, 3.8) is 0 Å². The number of rotatable bonds is 5. The number of nitro groups is 1. The van der Waals surface area contributed by atoms with Gasteiger partial charge in [-0.05, 0) is 19.0 Å². The molecule has 19 heavy (non-hydrogen) atoms. The van der Waals surface area contributed by atoms with Gasteiger partial charge in [-0.15, -0.1) is 0 Å². The van der Waals surface area contributed by atoms with Crippen molar-refractivity contribution in [2.75, 3.05) is 6.54 Å². The maximum Gasteiger partial charge on any atom is 0.271 e. The third kappa shape index (κ3) is 3.27. The summed E-state index contributed by atoms with van der Waals surface area (Å²) < 4.78 is 5.05. The lowest BCUT2D eigenvalue weighted by molar-refractivity contribution is -0.384. The lowest BCUT2D eigenvalue weighted by Crippen LogP contribution is -2.01. The molecule has 0 saturated carbocycles. The smallest absolute Gasteiger partial charge is 0.271 e. The van der Waals surface area contributed by atoms with Gasteiger partial charge in [-0.3, -0.25) is 10.1 Å². The average molecular weight is 283 g/mol. The fourth-order valence-corrected chi connectivity index (χ4v) is 1.77. The van der Waals surface area contributed by atoms with Crippen LogP contribution in [-0.4, -0.2) is 21.6 Å². The molecule has 100 valence electrons. The summed E-state index contributed by atoms with van der Waals surface area (Å²) in [7, 11) is 0. The molecule has 0 unspecified atom stereocenters. The second-order valence-electron chi connectivity index (χ2n) is 3.86. The topological polar surface area (TPSA) is 108 Å². The number of nitrogens with zero attached hydrogens (tertiary/aromatic N) is 3. The lowest BCUT2D eigenvalue weighted by Gasteiger charge is -1.96. The van der Waals surface area contributed by atoms with Crippen molar-refractivity contribution in [2.24, 2.45) is 5.73 Å². The summed E-state index contributed by atoms with van der Waals surface area (Å²) in [6.07, 6.45) is 1.34. The van der Waals surface area contributed by atoms with Gasteiger partial charge in [-0.1, -0.05) is 16.8 Å². The zero-order valence-electron chi connectivity index (χ0n) is 9.88. The summed E-state index contributed by atoms with van der Waals surface area (Å²) >= 11 is 5.82. The number of halogens is 1. The first kappa shape index (κ1) is 13.4. The molecule has 8 heteroatoms. The summed E-state index contributed by atoms with van der Waals surface area (Å²) in [5, 5.41) is 14.8. The maximum absolute atomic E-state index is 10.7. The van der Waals surface area contributed by atoms with E-state index < -0.39 is 4.92 Å². The Morgan fingerprint density at radius 2 is 2.21 bits per heavy atom. The number of nitro benzene ring substituents is 1. The molecule has 2 N–H and O–H groups in total. The first-order valence-electron chi connectivity index (χ1n) is 5.58. The predicted molar refractivity (Wildman–Crippen MR) is 68.8 cm³/mol. The number of benzene rings is 1. The van der Waals surface area contributed by atoms with Gasteiger partial charge in [0, 0.05) is 29.1 Å². The van der Waals surface area contributed by atoms with Crippen LogP contribution >= 0.6 is 11.6 Å². The molecule has 0 bridgehead atoms. The van der Waals surface area contributed by atoms with Crippen LogP contribution in [0.15, 0.2) is 22.7 Å². The Labute approximate surface area is 113 Å². The Hall–Kier alpha value is -1.99. The molecule has 0 atom stereocenters. The molecular formula is C11H11ClN4O3. The standard InChI is InChI=1S/C11H11ClN4O3/c12-8-4-7(5-9(6-8)16(17)18)11-14-10(15-19-11)2-1-3-13/h4-6H,1-3,13H2. The van der Waals surface area contributed by atoms with E-state index in [-0.39, 0.29) is 16.6 Å². The van der Waals surface area contributed by atoms with Gasteiger partial charge in [0.25, 0.3) is 11.6 Å². The van der Waals surface area contributed by atoms with Crippen LogP contribution in [0.4, 0.5) is 5.69 Å². The number of nitrogens with two attached hydrogens (primary N) is 1. The molecule has 0 aliphatic heterocycles. The van der Waals surface area contributed by atoms with Crippen molar-refractivity contribution >= 4 is 17.3 Å². The van der Waals surface area contributed by atoms with E-state index >= 15 is 0 Å². The van der Waals surface area contributed by atoms with Crippen molar-refractivity contribution in [3.8, 4) is 11.5 Å². The molecule has 0 radical (unpaired) electrons. The first-order valence-corrected chi connectivity index (χ1v) is 5.96. The van der Waals surface area contributed by atoms with Crippen molar-refractivity contribution in [1.29, 1.82) is 0 Å². The quantitative estimate of drug-likeness (QED) is 0.665. The summed E-state index contributed by atoms with van der Waals surface area (Å²) in [6.45, 7) is 0.534. The van der Waals surface area contributed by atoms with E-state index in [1.807, 2.05) is 0 Å². The van der Waals surface area contributed by atoms with E-state index in [0.717, 1.165) is 6.42 Å². The van der Waals surface area contributed by atoms with Gasteiger partial charge in [-0.25, -0.2) is 0 Å². The number of hydrogen-bond donors (Lipinski definition) is 1. The number of non-ortho nitro benzene ring substituents is 1. The normalized spacial score (nSPS) is 10.6. The van der Waals surface area contributed by atoms with Crippen molar-refractivity contribution in [1.82, 2.24) is 10.1 Å². The van der Waals surface area contributed by atoms with Crippen molar-refractivity contribution < 1.29 is 9.45 Å². The molecule has 0 amide bonds. The Morgan fingerprint density at radius 1 is 1.42 bits per heavy atom. The highest BCUT2D eigenvalue weighted by molar-refractivity contribution is 6.31. The van der Waals surface area contributed by atoms with Gasteiger partial charge in [0.05, 0.1) is 4.92 Å². The minimum atomic E-state index is -0.527. The molecule has 0 spiro atoms.